The standard InChI is InChI=1S/C20H25N5O2/c1-14(27-13-15-6-4-3-5-7-15)10-25-20(26)18-8-16(12-24-19(18)22)17(9-21)11-23-2/h3-9,11-12,14H,10,13,21H2,1-2H3,(H2,22,24)(H,25,26). The predicted molar refractivity (Wildman–Crippen MR) is 108 cm³/mol. The van der Waals surface area contributed by atoms with E-state index in [0.717, 1.165) is 5.56 Å². The van der Waals surface area contributed by atoms with Gasteiger partial charge in [0.1, 0.15) is 5.82 Å². The second-order valence-corrected chi connectivity index (χ2v) is 5.98. The molecule has 0 radical (unpaired) electrons. The van der Waals surface area contributed by atoms with Crippen molar-refractivity contribution in [2.45, 2.75) is 19.6 Å². The van der Waals surface area contributed by atoms with Gasteiger partial charge in [0.15, 0.2) is 0 Å². The summed E-state index contributed by atoms with van der Waals surface area (Å²) in [6.07, 6.45) is 4.40. The number of hydrogen-bond donors (Lipinski definition) is 3. The summed E-state index contributed by atoms with van der Waals surface area (Å²) >= 11 is 0. The predicted octanol–water partition coefficient (Wildman–Crippen LogP) is 2.00. The number of carbonyl (C=O) groups is 1. The lowest BCUT2D eigenvalue weighted by Gasteiger charge is -2.15. The molecule has 27 heavy (non-hydrogen) atoms. The van der Waals surface area contributed by atoms with Crippen molar-refractivity contribution < 1.29 is 9.53 Å². The van der Waals surface area contributed by atoms with Crippen LogP contribution in [0.1, 0.15) is 28.4 Å². The summed E-state index contributed by atoms with van der Waals surface area (Å²) in [7, 11) is 1.64. The Hall–Kier alpha value is -3.19. The molecule has 1 aromatic heterocycles. The molecule has 5 N–H and O–H groups in total. The van der Waals surface area contributed by atoms with Gasteiger partial charge in [-0.25, -0.2) is 4.98 Å². The number of nitrogens with one attached hydrogen (secondary N) is 1. The Balaban J connectivity index is 1.96. The van der Waals surface area contributed by atoms with Gasteiger partial charge >= 0.3 is 0 Å². The Morgan fingerprint density at radius 2 is 2.11 bits per heavy atom. The first-order valence-electron chi connectivity index (χ1n) is 8.58. The number of amides is 1. The molecule has 142 valence electrons. The fraction of sp³-hybridized carbons (Fsp3) is 0.250. The zero-order chi connectivity index (χ0) is 19.6. The Morgan fingerprint density at radius 3 is 2.78 bits per heavy atom. The first-order valence-corrected chi connectivity index (χ1v) is 8.58. The highest BCUT2D eigenvalue weighted by Crippen LogP contribution is 2.16. The zero-order valence-electron chi connectivity index (χ0n) is 15.6. The van der Waals surface area contributed by atoms with Gasteiger partial charge in [0.05, 0.1) is 18.3 Å². The van der Waals surface area contributed by atoms with E-state index in [2.05, 4.69) is 15.3 Å². The van der Waals surface area contributed by atoms with Crippen molar-refractivity contribution in [3.63, 3.8) is 0 Å². The number of nitrogens with zero attached hydrogens (tertiary/aromatic N) is 2. The first kappa shape index (κ1) is 20.1. The number of rotatable bonds is 8. The molecule has 0 aliphatic heterocycles. The molecule has 0 aliphatic carbocycles. The van der Waals surface area contributed by atoms with Crippen LogP contribution in [0.15, 0.2) is 53.8 Å². The second-order valence-electron chi connectivity index (χ2n) is 5.98. The maximum atomic E-state index is 12.5. The largest absolute Gasteiger partial charge is 0.404 e. The molecule has 0 bridgehead atoms. The van der Waals surface area contributed by atoms with Crippen molar-refractivity contribution in [1.82, 2.24) is 10.3 Å². The van der Waals surface area contributed by atoms with Crippen LogP contribution in [-0.2, 0) is 11.3 Å². The number of anilines is 1. The summed E-state index contributed by atoms with van der Waals surface area (Å²) in [5, 5.41) is 2.82. The van der Waals surface area contributed by atoms with Crippen molar-refractivity contribution in [3.8, 4) is 0 Å². The minimum absolute atomic E-state index is 0.152. The van der Waals surface area contributed by atoms with Gasteiger partial charge in [0.2, 0.25) is 0 Å². The van der Waals surface area contributed by atoms with Gasteiger partial charge in [-0.05, 0) is 18.6 Å². The molecule has 1 atom stereocenters. The number of allylic oxidation sites excluding steroid dienone is 1. The monoisotopic (exact) mass is 367 g/mol. The van der Waals surface area contributed by atoms with Gasteiger partial charge in [-0.15, -0.1) is 0 Å². The van der Waals surface area contributed by atoms with E-state index in [1.165, 1.54) is 6.20 Å². The lowest BCUT2D eigenvalue weighted by atomic mass is 10.1. The van der Waals surface area contributed by atoms with E-state index in [4.69, 9.17) is 16.2 Å². The third-order valence-corrected chi connectivity index (χ3v) is 3.87. The fourth-order valence-electron chi connectivity index (χ4n) is 2.37. The third-order valence-electron chi connectivity index (χ3n) is 3.87. The van der Waals surface area contributed by atoms with Crippen LogP contribution in [0.25, 0.3) is 5.57 Å². The zero-order valence-corrected chi connectivity index (χ0v) is 15.6. The molecule has 7 heteroatoms. The summed E-state index contributed by atoms with van der Waals surface area (Å²) < 4.78 is 5.75. The number of carbonyl (C=O) groups excluding carboxylic acids is 1. The van der Waals surface area contributed by atoms with Crippen LogP contribution in [-0.4, -0.2) is 36.8 Å². The van der Waals surface area contributed by atoms with Crippen LogP contribution in [0.5, 0.6) is 0 Å². The molecule has 0 aliphatic rings. The number of aromatic nitrogens is 1. The summed E-state index contributed by atoms with van der Waals surface area (Å²) in [6.45, 7) is 2.73. The summed E-state index contributed by atoms with van der Waals surface area (Å²) in [4.78, 5) is 20.5. The highest BCUT2D eigenvalue weighted by atomic mass is 16.5. The number of ether oxygens (including phenoxy) is 1. The maximum Gasteiger partial charge on any atom is 0.255 e. The van der Waals surface area contributed by atoms with Gasteiger partial charge in [-0.1, -0.05) is 30.3 Å². The van der Waals surface area contributed by atoms with Crippen LogP contribution in [0.2, 0.25) is 0 Å². The van der Waals surface area contributed by atoms with Crippen LogP contribution in [0, 0.1) is 0 Å². The van der Waals surface area contributed by atoms with E-state index in [1.54, 1.807) is 25.5 Å². The molecular weight excluding hydrogens is 342 g/mol. The number of pyridine rings is 1. The highest BCUT2D eigenvalue weighted by molar-refractivity contribution is 6.10. The van der Waals surface area contributed by atoms with Gasteiger partial charge in [0, 0.05) is 43.3 Å². The fourth-order valence-corrected chi connectivity index (χ4v) is 2.37. The van der Waals surface area contributed by atoms with Crippen molar-refractivity contribution in [2.24, 2.45) is 10.7 Å². The smallest absolute Gasteiger partial charge is 0.255 e. The number of hydrogen-bond acceptors (Lipinski definition) is 6. The van der Waals surface area contributed by atoms with Gasteiger partial charge in [-0.3, -0.25) is 9.79 Å². The SMILES string of the molecule is CN=CC(=CN)c1cnc(N)c(C(=O)NCC(C)OCc2ccccc2)c1. The van der Waals surface area contributed by atoms with E-state index >= 15 is 0 Å². The van der Waals surface area contributed by atoms with Crippen LogP contribution >= 0.6 is 0 Å². The lowest BCUT2D eigenvalue weighted by Crippen LogP contribution is -2.32. The van der Waals surface area contributed by atoms with Crippen LogP contribution in [0.3, 0.4) is 0 Å². The van der Waals surface area contributed by atoms with E-state index in [1.807, 2.05) is 37.3 Å². The molecule has 1 aromatic carbocycles. The summed E-state index contributed by atoms with van der Waals surface area (Å²) in [5.74, 6) is -0.166. The third kappa shape index (κ3) is 5.93. The summed E-state index contributed by atoms with van der Waals surface area (Å²) in [5.41, 5.74) is 14.1. The molecule has 7 nitrogen and oxygen atoms in total. The molecule has 2 rings (SSSR count). The molecule has 0 fully saturated rings. The average Bonchev–Trinajstić information content (AvgIpc) is 2.70. The lowest BCUT2D eigenvalue weighted by molar-refractivity contribution is 0.0509. The van der Waals surface area contributed by atoms with Crippen molar-refractivity contribution in [3.05, 3.63) is 65.5 Å². The number of aliphatic imine (C=N–C) groups is 1. The molecule has 1 heterocycles. The van der Waals surface area contributed by atoms with Gasteiger partial charge in [0.25, 0.3) is 5.91 Å². The Kier molecular flexibility index (Phi) is 7.51. The van der Waals surface area contributed by atoms with E-state index in [-0.39, 0.29) is 23.4 Å². The topological polar surface area (TPSA) is 116 Å². The molecule has 0 saturated carbocycles. The van der Waals surface area contributed by atoms with E-state index in [9.17, 15) is 4.79 Å². The molecule has 1 unspecified atom stereocenters. The minimum atomic E-state index is -0.318. The average molecular weight is 367 g/mol. The molecular formula is C20H25N5O2. The molecule has 2 aromatic rings. The van der Waals surface area contributed by atoms with Crippen LogP contribution < -0.4 is 16.8 Å². The number of benzene rings is 1. The van der Waals surface area contributed by atoms with Gasteiger partial charge < -0.3 is 21.5 Å². The Morgan fingerprint density at radius 1 is 1.37 bits per heavy atom. The molecule has 0 saturated heterocycles. The number of nitrogen functional groups attached to an aromatic ring is 1. The molecule has 1 amide bonds. The Bertz CT molecular complexity index is 818. The van der Waals surface area contributed by atoms with Crippen LogP contribution in [0.4, 0.5) is 5.82 Å². The first-order chi connectivity index (χ1) is 13.0. The number of nitrogens with two attached hydrogens (primary N) is 2. The van der Waals surface area contributed by atoms with Crippen molar-refractivity contribution in [1.29, 1.82) is 0 Å². The van der Waals surface area contributed by atoms with E-state index in [0.29, 0.717) is 24.3 Å². The quantitative estimate of drug-likeness (QED) is 0.617. The van der Waals surface area contributed by atoms with Gasteiger partial charge in [-0.2, -0.15) is 0 Å². The molecule has 0 spiro atoms. The van der Waals surface area contributed by atoms with E-state index < -0.39 is 0 Å². The second kappa shape index (κ2) is 10.1. The summed E-state index contributed by atoms with van der Waals surface area (Å²) in [6, 6.07) is 11.5. The van der Waals surface area contributed by atoms with Crippen molar-refractivity contribution >= 4 is 23.5 Å². The minimum Gasteiger partial charge on any atom is -0.404 e. The Labute approximate surface area is 159 Å². The van der Waals surface area contributed by atoms with Crippen molar-refractivity contribution in [2.75, 3.05) is 19.3 Å². The maximum absolute atomic E-state index is 12.5. The normalized spacial score (nSPS) is 12.9. The highest BCUT2D eigenvalue weighted by Gasteiger charge is 2.14.